The van der Waals surface area contributed by atoms with Crippen molar-refractivity contribution in [1.82, 2.24) is 5.32 Å². The summed E-state index contributed by atoms with van der Waals surface area (Å²) in [6.07, 6.45) is 3.34. The van der Waals surface area contributed by atoms with Crippen molar-refractivity contribution < 1.29 is 8.42 Å². The Hall–Kier alpha value is -0.870. The van der Waals surface area contributed by atoms with Crippen LogP contribution in [0, 0.1) is 0 Å². The highest BCUT2D eigenvalue weighted by molar-refractivity contribution is 7.91. The van der Waals surface area contributed by atoms with Crippen LogP contribution >= 0.6 is 0 Å². The fraction of sp³-hybridized carbons (Fsp3) is 0.647. The predicted octanol–water partition coefficient (Wildman–Crippen LogP) is 2.91. The van der Waals surface area contributed by atoms with Crippen molar-refractivity contribution in [1.29, 1.82) is 0 Å². The number of hydrogen-bond acceptors (Lipinski definition) is 3. The summed E-state index contributed by atoms with van der Waals surface area (Å²) >= 11 is 0. The number of benzene rings is 1. The minimum Gasteiger partial charge on any atom is -0.310 e. The fourth-order valence-corrected chi connectivity index (χ4v) is 4.53. The summed E-state index contributed by atoms with van der Waals surface area (Å²) in [5.74, 6) is 0.466. The minimum absolute atomic E-state index is 0.0260. The Bertz CT molecular complexity index is 555. The molecule has 0 amide bonds. The maximum atomic E-state index is 11.7. The van der Waals surface area contributed by atoms with Crippen molar-refractivity contribution in [2.24, 2.45) is 0 Å². The molecule has 0 radical (unpaired) electrons. The van der Waals surface area contributed by atoms with Gasteiger partial charge in [0.05, 0.1) is 5.75 Å². The molecular weight excluding hydrogens is 282 g/mol. The largest absolute Gasteiger partial charge is 0.310 e. The van der Waals surface area contributed by atoms with Gasteiger partial charge < -0.3 is 5.32 Å². The van der Waals surface area contributed by atoms with Crippen molar-refractivity contribution in [3.05, 3.63) is 35.9 Å². The second-order valence-corrected chi connectivity index (χ2v) is 9.03. The van der Waals surface area contributed by atoms with Gasteiger partial charge in [-0.15, -0.1) is 0 Å². The van der Waals surface area contributed by atoms with Crippen LogP contribution in [-0.2, 0) is 15.3 Å². The zero-order chi connectivity index (χ0) is 15.5. The minimum atomic E-state index is -2.90. The molecule has 0 saturated heterocycles. The molecule has 4 heteroatoms. The van der Waals surface area contributed by atoms with E-state index >= 15 is 0 Å². The fourth-order valence-electron chi connectivity index (χ4n) is 3.43. The van der Waals surface area contributed by atoms with E-state index in [0.717, 1.165) is 19.3 Å². The Morgan fingerprint density at radius 2 is 2.00 bits per heavy atom. The topological polar surface area (TPSA) is 46.2 Å². The summed E-state index contributed by atoms with van der Waals surface area (Å²) in [6.45, 7) is 6.01. The second kappa shape index (κ2) is 6.49. The summed E-state index contributed by atoms with van der Waals surface area (Å²) in [7, 11) is -2.90. The molecule has 1 N–H and O–H groups in total. The summed E-state index contributed by atoms with van der Waals surface area (Å²) in [5, 5.41) is 3.52. The molecule has 1 aromatic carbocycles. The molecule has 3 nitrogen and oxygen atoms in total. The molecule has 0 aliphatic heterocycles. The zero-order valence-electron chi connectivity index (χ0n) is 13.3. The SMILES string of the molecule is CCS(=O)(=O)C[C@H](C)N[C@@H]1CC[C@@](C)(c2ccccc2)C1. The molecule has 3 atom stereocenters. The van der Waals surface area contributed by atoms with Crippen molar-refractivity contribution in [3.63, 3.8) is 0 Å². The van der Waals surface area contributed by atoms with Gasteiger partial charge >= 0.3 is 0 Å². The Labute approximate surface area is 129 Å². The monoisotopic (exact) mass is 309 g/mol. The summed E-state index contributed by atoms with van der Waals surface area (Å²) in [4.78, 5) is 0. The van der Waals surface area contributed by atoms with Gasteiger partial charge in [-0.1, -0.05) is 44.2 Å². The van der Waals surface area contributed by atoms with E-state index < -0.39 is 9.84 Å². The van der Waals surface area contributed by atoms with Gasteiger partial charge in [-0.25, -0.2) is 8.42 Å². The van der Waals surface area contributed by atoms with Gasteiger partial charge in [0.15, 0.2) is 9.84 Å². The lowest BCUT2D eigenvalue weighted by Gasteiger charge is -2.26. The van der Waals surface area contributed by atoms with E-state index in [1.165, 1.54) is 5.56 Å². The molecule has 1 aliphatic rings. The quantitative estimate of drug-likeness (QED) is 0.879. The van der Waals surface area contributed by atoms with Crippen LogP contribution in [0.2, 0.25) is 0 Å². The Morgan fingerprint density at radius 1 is 1.33 bits per heavy atom. The van der Waals surface area contributed by atoms with Crippen molar-refractivity contribution >= 4 is 9.84 Å². The van der Waals surface area contributed by atoms with Gasteiger partial charge in [0, 0.05) is 17.8 Å². The smallest absolute Gasteiger partial charge is 0.151 e. The molecular formula is C17H27NO2S. The molecule has 1 aliphatic carbocycles. The van der Waals surface area contributed by atoms with Gasteiger partial charge in [0.2, 0.25) is 0 Å². The molecule has 21 heavy (non-hydrogen) atoms. The lowest BCUT2D eigenvalue weighted by Crippen LogP contribution is -2.40. The van der Waals surface area contributed by atoms with Gasteiger partial charge in [-0.2, -0.15) is 0 Å². The van der Waals surface area contributed by atoms with Gasteiger partial charge in [-0.05, 0) is 37.2 Å². The van der Waals surface area contributed by atoms with Crippen LogP contribution in [0.4, 0.5) is 0 Å². The molecule has 1 fully saturated rings. The third-order valence-electron chi connectivity index (χ3n) is 4.68. The summed E-state index contributed by atoms with van der Waals surface area (Å²) < 4.78 is 23.4. The van der Waals surface area contributed by atoms with Crippen molar-refractivity contribution in [2.75, 3.05) is 11.5 Å². The maximum Gasteiger partial charge on any atom is 0.151 e. The molecule has 2 rings (SSSR count). The van der Waals surface area contributed by atoms with Crippen LogP contribution in [0.15, 0.2) is 30.3 Å². The molecule has 0 spiro atoms. The normalized spacial score (nSPS) is 27.7. The molecule has 118 valence electrons. The molecule has 1 saturated carbocycles. The lowest BCUT2D eigenvalue weighted by atomic mass is 9.81. The van der Waals surface area contributed by atoms with E-state index in [0.29, 0.717) is 6.04 Å². The van der Waals surface area contributed by atoms with Gasteiger partial charge in [0.1, 0.15) is 0 Å². The van der Waals surface area contributed by atoms with E-state index in [1.807, 2.05) is 6.92 Å². The second-order valence-electron chi connectivity index (χ2n) is 6.63. The lowest BCUT2D eigenvalue weighted by molar-refractivity contribution is 0.429. The Kier molecular flexibility index (Phi) is 5.10. The number of nitrogens with one attached hydrogen (secondary N) is 1. The highest BCUT2D eigenvalue weighted by Gasteiger charge is 2.36. The van der Waals surface area contributed by atoms with E-state index in [-0.39, 0.29) is 23.0 Å². The average Bonchev–Trinajstić information content (AvgIpc) is 2.82. The molecule has 0 aromatic heterocycles. The zero-order valence-corrected chi connectivity index (χ0v) is 14.1. The third kappa shape index (κ3) is 4.30. The van der Waals surface area contributed by atoms with E-state index in [4.69, 9.17) is 0 Å². The Morgan fingerprint density at radius 3 is 2.62 bits per heavy atom. The first-order chi connectivity index (χ1) is 9.85. The summed E-state index contributed by atoms with van der Waals surface area (Å²) in [5.41, 5.74) is 1.60. The highest BCUT2D eigenvalue weighted by Crippen LogP contribution is 2.40. The first-order valence-corrected chi connectivity index (χ1v) is 9.69. The number of hydrogen-bond donors (Lipinski definition) is 1. The number of rotatable bonds is 6. The third-order valence-corrected chi connectivity index (χ3v) is 6.56. The molecule has 0 bridgehead atoms. The average molecular weight is 309 g/mol. The van der Waals surface area contributed by atoms with Crippen LogP contribution < -0.4 is 5.32 Å². The summed E-state index contributed by atoms with van der Waals surface area (Å²) in [6, 6.07) is 11.1. The Balaban J connectivity index is 1.94. The number of sulfone groups is 1. The highest BCUT2D eigenvalue weighted by atomic mass is 32.2. The first-order valence-electron chi connectivity index (χ1n) is 7.87. The van der Waals surface area contributed by atoms with Crippen LogP contribution in [0.5, 0.6) is 0 Å². The van der Waals surface area contributed by atoms with Gasteiger partial charge in [0.25, 0.3) is 0 Å². The molecule has 0 unspecified atom stereocenters. The van der Waals surface area contributed by atoms with Crippen molar-refractivity contribution in [3.8, 4) is 0 Å². The van der Waals surface area contributed by atoms with E-state index in [2.05, 4.69) is 42.6 Å². The van der Waals surface area contributed by atoms with Crippen LogP contribution in [0.3, 0.4) is 0 Å². The van der Waals surface area contributed by atoms with Crippen LogP contribution in [-0.4, -0.2) is 32.0 Å². The van der Waals surface area contributed by atoms with Crippen LogP contribution in [0.25, 0.3) is 0 Å². The standard InChI is InChI=1S/C17H27NO2S/c1-4-21(19,20)13-14(2)18-16-10-11-17(3,12-16)15-8-6-5-7-9-15/h5-9,14,16,18H,4,10-13H2,1-3H3/t14-,16+,17+/m0/s1. The van der Waals surface area contributed by atoms with Crippen molar-refractivity contribution in [2.45, 2.75) is 57.5 Å². The maximum absolute atomic E-state index is 11.7. The van der Waals surface area contributed by atoms with E-state index in [9.17, 15) is 8.42 Å². The molecule has 0 heterocycles. The van der Waals surface area contributed by atoms with Crippen LogP contribution in [0.1, 0.15) is 45.6 Å². The molecule has 1 aromatic rings. The van der Waals surface area contributed by atoms with Gasteiger partial charge in [-0.3, -0.25) is 0 Å². The predicted molar refractivity (Wildman–Crippen MR) is 88.4 cm³/mol. The van der Waals surface area contributed by atoms with E-state index in [1.54, 1.807) is 6.92 Å². The first kappa shape index (κ1) is 16.5.